The molecule has 0 spiro atoms. The Kier molecular flexibility index (Phi) is 3.70. The first-order valence-corrected chi connectivity index (χ1v) is 7.18. The molecule has 1 amide bonds. The van der Waals surface area contributed by atoms with Crippen LogP contribution < -0.4 is 5.32 Å². The second-order valence-corrected chi connectivity index (χ2v) is 5.52. The highest BCUT2D eigenvalue weighted by Crippen LogP contribution is 2.19. The van der Waals surface area contributed by atoms with E-state index in [0.717, 1.165) is 15.4 Å². The quantitative estimate of drug-likeness (QED) is 0.788. The number of halogens is 1. The van der Waals surface area contributed by atoms with E-state index < -0.39 is 0 Å². The highest BCUT2D eigenvalue weighted by atomic mass is 79.9. The lowest BCUT2D eigenvalue weighted by Crippen LogP contribution is -2.15. The van der Waals surface area contributed by atoms with Crippen molar-refractivity contribution in [1.82, 2.24) is 10.1 Å². The molecule has 0 aliphatic rings. The fraction of sp³-hybridized carbons (Fsp3) is 0.133. The smallest absolute Gasteiger partial charge is 0.231 e. The van der Waals surface area contributed by atoms with Gasteiger partial charge in [-0.15, -0.1) is 0 Å². The van der Waals surface area contributed by atoms with Crippen molar-refractivity contribution >= 4 is 38.6 Å². The zero-order valence-corrected chi connectivity index (χ0v) is 12.8. The van der Waals surface area contributed by atoms with Gasteiger partial charge in [-0.25, -0.2) is 4.98 Å². The van der Waals surface area contributed by atoms with Crippen LogP contribution in [0.2, 0.25) is 0 Å². The molecule has 2 aromatic heterocycles. The zero-order chi connectivity index (χ0) is 14.8. The molecule has 0 atom stereocenters. The van der Waals surface area contributed by atoms with E-state index >= 15 is 0 Å². The van der Waals surface area contributed by atoms with Crippen molar-refractivity contribution in [3.63, 3.8) is 0 Å². The van der Waals surface area contributed by atoms with E-state index in [1.54, 1.807) is 6.20 Å². The number of hydrogen-bond donors (Lipinski definition) is 1. The van der Waals surface area contributed by atoms with Crippen molar-refractivity contribution in [2.45, 2.75) is 13.3 Å². The van der Waals surface area contributed by atoms with Gasteiger partial charge in [-0.2, -0.15) is 0 Å². The summed E-state index contributed by atoms with van der Waals surface area (Å²) in [6, 6.07) is 9.27. The number of fused-ring (bicyclic) bond motifs is 1. The molecule has 1 aromatic carbocycles. The third-order valence-corrected chi connectivity index (χ3v) is 3.92. The first kappa shape index (κ1) is 13.8. The van der Waals surface area contributed by atoms with Gasteiger partial charge in [0.25, 0.3) is 0 Å². The molecule has 0 aliphatic carbocycles. The highest BCUT2D eigenvalue weighted by Gasteiger charge is 2.12. The number of carbonyl (C=O) groups is 1. The molecular formula is C15H12BrN3O2. The van der Waals surface area contributed by atoms with Crippen molar-refractivity contribution < 1.29 is 9.32 Å². The molecule has 106 valence electrons. The van der Waals surface area contributed by atoms with Crippen LogP contribution in [0.1, 0.15) is 11.3 Å². The van der Waals surface area contributed by atoms with E-state index in [1.807, 2.05) is 37.3 Å². The average molecular weight is 346 g/mol. The Labute approximate surface area is 129 Å². The molecule has 2 heterocycles. The van der Waals surface area contributed by atoms with Crippen LogP contribution in [-0.2, 0) is 11.2 Å². The number of aryl methyl sites for hydroxylation is 1. The molecule has 0 aliphatic heterocycles. The van der Waals surface area contributed by atoms with Gasteiger partial charge in [-0.05, 0) is 46.6 Å². The van der Waals surface area contributed by atoms with Gasteiger partial charge in [0.1, 0.15) is 11.5 Å². The minimum atomic E-state index is -0.178. The van der Waals surface area contributed by atoms with Gasteiger partial charge < -0.3 is 9.84 Å². The lowest BCUT2D eigenvalue weighted by Gasteiger charge is -2.05. The molecule has 0 radical (unpaired) electrons. The van der Waals surface area contributed by atoms with Crippen LogP contribution >= 0.6 is 15.9 Å². The first-order chi connectivity index (χ1) is 10.1. The Balaban J connectivity index is 1.75. The second kappa shape index (κ2) is 5.65. The average Bonchev–Trinajstić information content (AvgIpc) is 2.86. The summed E-state index contributed by atoms with van der Waals surface area (Å²) in [5.74, 6) is 0.344. The lowest BCUT2D eigenvalue weighted by molar-refractivity contribution is -0.115. The van der Waals surface area contributed by atoms with Gasteiger partial charge in [-0.1, -0.05) is 17.3 Å². The van der Waals surface area contributed by atoms with E-state index in [-0.39, 0.29) is 12.3 Å². The molecule has 21 heavy (non-hydrogen) atoms. The van der Waals surface area contributed by atoms with E-state index in [9.17, 15) is 4.79 Å². The highest BCUT2D eigenvalue weighted by molar-refractivity contribution is 9.10. The second-order valence-electron chi connectivity index (χ2n) is 4.67. The number of nitrogens with zero attached hydrogens (tertiary/aromatic N) is 2. The number of carbonyl (C=O) groups excluding carboxylic acids is 1. The molecule has 3 rings (SSSR count). The molecule has 0 bridgehead atoms. The van der Waals surface area contributed by atoms with Gasteiger partial charge in [0.15, 0.2) is 5.58 Å². The van der Waals surface area contributed by atoms with Crippen molar-refractivity contribution in [1.29, 1.82) is 0 Å². The topological polar surface area (TPSA) is 68.0 Å². The maximum atomic E-state index is 12.1. The van der Waals surface area contributed by atoms with Gasteiger partial charge >= 0.3 is 0 Å². The molecule has 0 saturated heterocycles. The number of hydrogen-bond acceptors (Lipinski definition) is 4. The van der Waals surface area contributed by atoms with Crippen LogP contribution in [0.15, 0.2) is 45.5 Å². The Morgan fingerprint density at radius 3 is 3.00 bits per heavy atom. The summed E-state index contributed by atoms with van der Waals surface area (Å²) in [5.41, 5.74) is 2.31. The van der Waals surface area contributed by atoms with E-state index in [1.165, 1.54) is 0 Å². The number of amides is 1. The minimum absolute atomic E-state index is 0.147. The molecule has 0 unspecified atom stereocenters. The standard InChI is InChI=1S/C15H12BrN3O2/c1-9-6-14(17-8-11(9)16)18-15(20)7-12-10-4-2-3-5-13(10)21-19-12/h2-6,8H,7H2,1H3,(H,17,18,20). The maximum Gasteiger partial charge on any atom is 0.231 e. The third kappa shape index (κ3) is 2.95. The molecule has 5 nitrogen and oxygen atoms in total. The van der Waals surface area contributed by atoms with Crippen LogP contribution in [-0.4, -0.2) is 16.0 Å². The number of anilines is 1. The van der Waals surface area contributed by atoms with Crippen molar-refractivity contribution in [2.24, 2.45) is 0 Å². The molecule has 1 N–H and O–H groups in total. The maximum absolute atomic E-state index is 12.1. The SMILES string of the molecule is Cc1cc(NC(=O)Cc2noc3ccccc23)ncc1Br. The monoisotopic (exact) mass is 345 g/mol. The summed E-state index contributed by atoms with van der Waals surface area (Å²) in [7, 11) is 0. The van der Waals surface area contributed by atoms with Gasteiger partial charge in [0, 0.05) is 16.1 Å². The third-order valence-electron chi connectivity index (χ3n) is 3.09. The van der Waals surface area contributed by atoms with Crippen LogP contribution in [0.4, 0.5) is 5.82 Å². The van der Waals surface area contributed by atoms with Gasteiger partial charge in [0.05, 0.1) is 6.42 Å². The summed E-state index contributed by atoms with van der Waals surface area (Å²) in [4.78, 5) is 16.2. The Bertz CT molecular complexity index is 814. The fourth-order valence-electron chi connectivity index (χ4n) is 2.01. The number of pyridine rings is 1. The summed E-state index contributed by atoms with van der Waals surface area (Å²) < 4.78 is 6.09. The first-order valence-electron chi connectivity index (χ1n) is 6.39. The Hall–Kier alpha value is -2.21. The largest absolute Gasteiger partial charge is 0.356 e. The number of para-hydroxylation sites is 1. The Morgan fingerprint density at radius 1 is 1.38 bits per heavy atom. The van der Waals surface area contributed by atoms with Crippen LogP contribution in [0.3, 0.4) is 0 Å². The van der Waals surface area contributed by atoms with Crippen molar-refractivity contribution in [2.75, 3.05) is 5.32 Å². The predicted molar refractivity (Wildman–Crippen MR) is 83.0 cm³/mol. The summed E-state index contributed by atoms with van der Waals surface area (Å²) in [6.07, 6.45) is 1.81. The number of benzene rings is 1. The van der Waals surface area contributed by atoms with Gasteiger partial charge in [-0.3, -0.25) is 4.79 Å². The lowest BCUT2D eigenvalue weighted by atomic mass is 10.1. The molecule has 3 aromatic rings. The van der Waals surface area contributed by atoms with Crippen LogP contribution in [0.5, 0.6) is 0 Å². The van der Waals surface area contributed by atoms with Crippen molar-refractivity contribution in [3.05, 3.63) is 52.3 Å². The zero-order valence-electron chi connectivity index (χ0n) is 11.3. The molecule has 0 fully saturated rings. The fourth-order valence-corrected chi connectivity index (χ4v) is 2.23. The minimum Gasteiger partial charge on any atom is -0.356 e. The molecule has 0 saturated carbocycles. The van der Waals surface area contributed by atoms with E-state index in [0.29, 0.717) is 17.1 Å². The van der Waals surface area contributed by atoms with Gasteiger partial charge in [0.2, 0.25) is 5.91 Å². The predicted octanol–water partition coefficient (Wildman–Crippen LogP) is 3.47. The van der Waals surface area contributed by atoms with E-state index in [4.69, 9.17) is 4.52 Å². The van der Waals surface area contributed by atoms with Crippen molar-refractivity contribution in [3.8, 4) is 0 Å². The Morgan fingerprint density at radius 2 is 2.19 bits per heavy atom. The molecule has 6 heteroatoms. The van der Waals surface area contributed by atoms with Crippen LogP contribution in [0, 0.1) is 6.92 Å². The van der Waals surface area contributed by atoms with Crippen LogP contribution in [0.25, 0.3) is 11.0 Å². The summed E-state index contributed by atoms with van der Waals surface area (Å²) >= 11 is 3.37. The summed E-state index contributed by atoms with van der Waals surface area (Å²) in [5, 5.41) is 7.56. The summed E-state index contributed by atoms with van der Waals surface area (Å²) in [6.45, 7) is 1.94. The number of aromatic nitrogens is 2. The number of nitrogens with one attached hydrogen (secondary N) is 1. The number of rotatable bonds is 3. The van der Waals surface area contributed by atoms with E-state index in [2.05, 4.69) is 31.4 Å². The normalized spacial score (nSPS) is 10.8. The molecular weight excluding hydrogens is 334 g/mol.